The fraction of sp³-hybridized carbons (Fsp3) is 0.611. The number of likely N-dealkylation sites (tertiary alicyclic amines) is 1. The Morgan fingerprint density at radius 3 is 2.61 bits per heavy atom. The predicted octanol–water partition coefficient (Wildman–Crippen LogP) is 3.13. The van der Waals surface area contributed by atoms with E-state index in [9.17, 15) is 9.18 Å². The minimum atomic E-state index is -0.431. The molecule has 1 saturated heterocycles. The van der Waals surface area contributed by atoms with Crippen LogP contribution in [0.4, 0.5) is 4.39 Å². The number of hydrogen-bond donors (Lipinski definition) is 1. The van der Waals surface area contributed by atoms with Gasteiger partial charge in [0.25, 0.3) is 0 Å². The van der Waals surface area contributed by atoms with Gasteiger partial charge >= 0.3 is 0 Å². The van der Waals surface area contributed by atoms with E-state index in [2.05, 4.69) is 5.32 Å². The molecule has 23 heavy (non-hydrogen) atoms. The first-order valence-electron chi connectivity index (χ1n) is 8.36. The highest BCUT2D eigenvalue weighted by Crippen LogP contribution is 2.50. The third-order valence-corrected chi connectivity index (χ3v) is 5.24. The van der Waals surface area contributed by atoms with Crippen molar-refractivity contribution in [1.29, 1.82) is 0 Å². The van der Waals surface area contributed by atoms with Crippen LogP contribution >= 0.6 is 12.4 Å². The van der Waals surface area contributed by atoms with Crippen molar-refractivity contribution >= 4 is 18.3 Å². The van der Waals surface area contributed by atoms with E-state index in [1.54, 1.807) is 6.07 Å². The Bertz CT molecular complexity index is 540. The number of halogens is 2. The zero-order valence-electron chi connectivity index (χ0n) is 13.7. The largest absolute Gasteiger partial charge is 0.342 e. The summed E-state index contributed by atoms with van der Waals surface area (Å²) in [5.41, 5.74) is 0.426. The second kappa shape index (κ2) is 7.63. The predicted molar refractivity (Wildman–Crippen MR) is 92.4 cm³/mol. The van der Waals surface area contributed by atoms with Gasteiger partial charge in [-0.1, -0.05) is 12.1 Å². The summed E-state index contributed by atoms with van der Waals surface area (Å²) < 4.78 is 13.5. The van der Waals surface area contributed by atoms with E-state index in [0.717, 1.165) is 56.8 Å². The lowest BCUT2D eigenvalue weighted by Crippen LogP contribution is -2.44. The maximum Gasteiger partial charge on any atom is 0.233 e. The molecule has 128 valence electrons. The van der Waals surface area contributed by atoms with Crippen LogP contribution in [0.25, 0.3) is 0 Å². The SMILES string of the molecule is CNCCC1CCN(C(=O)C2(c3cccc(F)c3)CC2)CC1.Cl. The van der Waals surface area contributed by atoms with Crippen LogP contribution in [0.1, 0.15) is 37.7 Å². The van der Waals surface area contributed by atoms with E-state index in [-0.39, 0.29) is 24.1 Å². The fourth-order valence-electron chi connectivity index (χ4n) is 3.61. The zero-order valence-corrected chi connectivity index (χ0v) is 14.5. The lowest BCUT2D eigenvalue weighted by molar-refractivity contribution is -0.135. The molecule has 0 aromatic heterocycles. The molecule has 0 atom stereocenters. The summed E-state index contributed by atoms with van der Waals surface area (Å²) in [5.74, 6) is 0.688. The van der Waals surface area contributed by atoms with Gasteiger partial charge in [-0.15, -0.1) is 12.4 Å². The highest BCUT2D eigenvalue weighted by Gasteiger charge is 2.53. The van der Waals surface area contributed by atoms with Gasteiger partial charge in [-0.3, -0.25) is 4.79 Å². The minimum Gasteiger partial charge on any atom is -0.342 e. The maximum absolute atomic E-state index is 13.5. The smallest absolute Gasteiger partial charge is 0.233 e. The van der Waals surface area contributed by atoms with E-state index >= 15 is 0 Å². The van der Waals surface area contributed by atoms with Crippen molar-refractivity contribution in [2.75, 3.05) is 26.7 Å². The molecule has 1 aliphatic heterocycles. The van der Waals surface area contributed by atoms with Gasteiger partial charge < -0.3 is 10.2 Å². The monoisotopic (exact) mass is 340 g/mol. The number of nitrogens with one attached hydrogen (secondary N) is 1. The van der Waals surface area contributed by atoms with E-state index in [4.69, 9.17) is 0 Å². The first-order chi connectivity index (χ1) is 10.7. The molecule has 3 rings (SSSR count). The summed E-state index contributed by atoms with van der Waals surface area (Å²) in [7, 11) is 1.98. The van der Waals surface area contributed by atoms with Crippen molar-refractivity contribution in [3.05, 3.63) is 35.6 Å². The molecule has 3 nitrogen and oxygen atoms in total. The molecule has 0 unspecified atom stereocenters. The Kier molecular flexibility index (Phi) is 6.04. The van der Waals surface area contributed by atoms with Gasteiger partial charge in [0.1, 0.15) is 5.82 Å². The van der Waals surface area contributed by atoms with Crippen LogP contribution in [0.2, 0.25) is 0 Å². The molecule has 1 saturated carbocycles. The normalized spacial score (nSPS) is 20.0. The molecule has 0 radical (unpaired) electrons. The number of rotatable bonds is 5. The first-order valence-corrected chi connectivity index (χ1v) is 8.36. The van der Waals surface area contributed by atoms with E-state index in [1.165, 1.54) is 18.6 Å². The second-order valence-electron chi connectivity index (χ2n) is 6.72. The van der Waals surface area contributed by atoms with Crippen molar-refractivity contribution < 1.29 is 9.18 Å². The standard InChI is InChI=1S/C18H25FN2O.ClH/c1-20-10-5-14-6-11-21(12-7-14)17(22)18(8-9-18)15-3-2-4-16(19)13-15;/h2-4,13-14,20H,5-12H2,1H3;1H. The van der Waals surface area contributed by atoms with Crippen LogP contribution in [0.3, 0.4) is 0 Å². The van der Waals surface area contributed by atoms with Crippen molar-refractivity contribution in [2.24, 2.45) is 5.92 Å². The number of benzene rings is 1. The molecule has 2 aliphatic rings. The van der Waals surface area contributed by atoms with Crippen LogP contribution in [0, 0.1) is 11.7 Å². The summed E-state index contributed by atoms with van der Waals surface area (Å²) in [6.45, 7) is 2.75. The van der Waals surface area contributed by atoms with Gasteiger partial charge in [-0.25, -0.2) is 4.39 Å². The van der Waals surface area contributed by atoms with Crippen molar-refractivity contribution in [1.82, 2.24) is 10.2 Å². The maximum atomic E-state index is 13.5. The molecule has 0 spiro atoms. The van der Waals surface area contributed by atoms with Crippen LogP contribution in [0.5, 0.6) is 0 Å². The van der Waals surface area contributed by atoms with Gasteiger partial charge in [-0.05, 0) is 69.3 Å². The third-order valence-electron chi connectivity index (χ3n) is 5.24. The first kappa shape index (κ1) is 18.2. The summed E-state index contributed by atoms with van der Waals surface area (Å²) in [6, 6.07) is 6.58. The molecular formula is C18H26ClFN2O. The van der Waals surface area contributed by atoms with Gasteiger partial charge in [0, 0.05) is 13.1 Å². The molecule has 1 aliphatic carbocycles. The molecule has 1 N–H and O–H groups in total. The number of hydrogen-bond acceptors (Lipinski definition) is 2. The Morgan fingerprint density at radius 1 is 1.35 bits per heavy atom. The third kappa shape index (κ3) is 3.86. The van der Waals surface area contributed by atoms with Gasteiger partial charge in [0.2, 0.25) is 5.91 Å². The lowest BCUT2D eigenvalue weighted by Gasteiger charge is -2.34. The highest BCUT2D eigenvalue weighted by molar-refractivity contribution is 5.91. The molecule has 2 fully saturated rings. The number of carbonyl (C=O) groups is 1. The van der Waals surface area contributed by atoms with Gasteiger partial charge in [-0.2, -0.15) is 0 Å². The van der Waals surface area contributed by atoms with E-state index in [1.807, 2.05) is 18.0 Å². The average molecular weight is 341 g/mol. The minimum absolute atomic E-state index is 0. The average Bonchev–Trinajstić information content (AvgIpc) is 3.34. The molecule has 1 aromatic carbocycles. The number of amides is 1. The Morgan fingerprint density at radius 2 is 2.04 bits per heavy atom. The Hall–Kier alpha value is -1.13. The lowest BCUT2D eigenvalue weighted by atomic mass is 9.90. The van der Waals surface area contributed by atoms with Gasteiger partial charge in [0.15, 0.2) is 0 Å². The Balaban J connectivity index is 0.00000192. The van der Waals surface area contributed by atoms with Crippen molar-refractivity contribution in [3.63, 3.8) is 0 Å². The zero-order chi connectivity index (χ0) is 15.6. The number of nitrogens with zero attached hydrogens (tertiary/aromatic N) is 1. The van der Waals surface area contributed by atoms with Crippen LogP contribution in [-0.4, -0.2) is 37.5 Å². The summed E-state index contributed by atoms with van der Waals surface area (Å²) in [5, 5.41) is 3.19. The number of piperidine rings is 1. The van der Waals surface area contributed by atoms with Crippen molar-refractivity contribution in [3.8, 4) is 0 Å². The Labute approximate surface area is 144 Å². The van der Waals surface area contributed by atoms with Gasteiger partial charge in [0.05, 0.1) is 5.41 Å². The molecule has 1 heterocycles. The molecule has 5 heteroatoms. The quantitative estimate of drug-likeness (QED) is 0.893. The molecular weight excluding hydrogens is 315 g/mol. The highest BCUT2D eigenvalue weighted by atomic mass is 35.5. The fourth-order valence-corrected chi connectivity index (χ4v) is 3.61. The summed E-state index contributed by atoms with van der Waals surface area (Å²) in [6.07, 6.45) is 5.08. The molecule has 1 aromatic rings. The van der Waals surface area contributed by atoms with E-state index in [0.29, 0.717) is 0 Å². The van der Waals surface area contributed by atoms with Crippen LogP contribution < -0.4 is 5.32 Å². The molecule has 0 bridgehead atoms. The van der Waals surface area contributed by atoms with E-state index < -0.39 is 5.41 Å². The molecule has 1 amide bonds. The summed E-state index contributed by atoms with van der Waals surface area (Å²) >= 11 is 0. The topological polar surface area (TPSA) is 32.3 Å². The van der Waals surface area contributed by atoms with Crippen molar-refractivity contribution in [2.45, 2.75) is 37.5 Å². The number of carbonyl (C=O) groups excluding carboxylic acids is 1. The summed E-state index contributed by atoms with van der Waals surface area (Å²) in [4.78, 5) is 14.9. The van der Waals surface area contributed by atoms with Crippen LogP contribution in [0.15, 0.2) is 24.3 Å². The van der Waals surface area contributed by atoms with Crippen LogP contribution in [-0.2, 0) is 10.2 Å². The second-order valence-corrected chi connectivity index (χ2v) is 6.72.